The van der Waals surface area contributed by atoms with Crippen molar-refractivity contribution >= 4 is 0 Å². The average molecular weight is 373 g/mol. The van der Waals surface area contributed by atoms with Crippen molar-refractivity contribution < 1.29 is 14.6 Å². The Morgan fingerprint density at radius 1 is 1.22 bits per heavy atom. The number of aliphatic hydroxyl groups excluding tert-OH is 1. The lowest BCUT2D eigenvalue weighted by molar-refractivity contribution is -0.0818. The van der Waals surface area contributed by atoms with Gasteiger partial charge in [0.05, 0.1) is 19.8 Å². The molecule has 0 saturated carbocycles. The van der Waals surface area contributed by atoms with E-state index in [1.165, 1.54) is 11.3 Å². The van der Waals surface area contributed by atoms with E-state index in [4.69, 9.17) is 9.47 Å². The van der Waals surface area contributed by atoms with Crippen molar-refractivity contribution in [3.8, 4) is 11.5 Å². The Balaban J connectivity index is 1.85. The first kappa shape index (κ1) is 18.6. The zero-order chi connectivity index (χ0) is 19.2. The molecule has 2 saturated heterocycles. The molecule has 6 heteroatoms. The van der Waals surface area contributed by atoms with Crippen LogP contribution in [0.5, 0.6) is 11.5 Å². The molecule has 0 amide bonds. The maximum Gasteiger partial charge on any atom is 0.187 e. The number of likely N-dealkylation sites (N-methyl/N-ethyl adjacent to an activating group) is 1. The number of aliphatic hydroxyl groups is 1. The van der Waals surface area contributed by atoms with Crippen LogP contribution >= 0.6 is 0 Å². The van der Waals surface area contributed by atoms with Gasteiger partial charge in [0.1, 0.15) is 11.5 Å². The second-order valence-electron chi connectivity index (χ2n) is 7.78. The molecule has 3 aliphatic rings. The van der Waals surface area contributed by atoms with E-state index in [-0.39, 0.29) is 11.5 Å². The summed E-state index contributed by atoms with van der Waals surface area (Å²) in [4.78, 5) is 4.45. The van der Waals surface area contributed by atoms with Gasteiger partial charge in [-0.05, 0) is 37.6 Å². The number of piperidine rings is 1. The van der Waals surface area contributed by atoms with Crippen molar-refractivity contribution in [1.29, 1.82) is 0 Å². The summed E-state index contributed by atoms with van der Waals surface area (Å²) in [5, 5.41) is 14.7. The zero-order valence-electron chi connectivity index (χ0n) is 16.8. The normalized spacial score (nSPS) is 27.0. The van der Waals surface area contributed by atoms with Crippen molar-refractivity contribution in [1.82, 2.24) is 15.1 Å². The van der Waals surface area contributed by atoms with Crippen LogP contribution in [0.15, 0.2) is 23.9 Å². The van der Waals surface area contributed by atoms with Crippen molar-refractivity contribution in [3.63, 3.8) is 0 Å². The average Bonchev–Trinajstić information content (AvgIpc) is 2.81. The standard InChI is InChI=1S/C21H31N3O3/c1-5-24-20(25)23-13-15-11-16(26-3)12-17(27-4)19(15)14(2)10-18(23)21(24)6-8-22-9-7-21/h10-12,14,20,22,25H,5-9,13H2,1-4H3/t14-,20?/m0/s1. The van der Waals surface area contributed by atoms with E-state index in [9.17, 15) is 5.11 Å². The quantitative estimate of drug-likeness (QED) is 0.848. The van der Waals surface area contributed by atoms with Crippen molar-refractivity contribution in [2.45, 2.75) is 51.0 Å². The Hall–Kier alpha value is -1.76. The number of allylic oxidation sites excluding steroid dienone is 1. The van der Waals surface area contributed by atoms with Gasteiger partial charge in [-0.25, -0.2) is 4.90 Å². The van der Waals surface area contributed by atoms with E-state index >= 15 is 0 Å². The molecule has 4 rings (SSSR count). The smallest absolute Gasteiger partial charge is 0.187 e. The summed E-state index contributed by atoms with van der Waals surface area (Å²) in [7, 11) is 3.39. The van der Waals surface area contributed by atoms with Crippen LogP contribution in [-0.2, 0) is 6.54 Å². The van der Waals surface area contributed by atoms with Crippen LogP contribution < -0.4 is 14.8 Å². The summed E-state index contributed by atoms with van der Waals surface area (Å²) < 4.78 is 11.2. The molecule has 27 heavy (non-hydrogen) atoms. The van der Waals surface area contributed by atoms with Gasteiger partial charge in [0, 0.05) is 36.3 Å². The van der Waals surface area contributed by atoms with Crippen molar-refractivity contribution in [2.75, 3.05) is 33.9 Å². The van der Waals surface area contributed by atoms with Crippen LogP contribution in [0.25, 0.3) is 0 Å². The molecule has 1 spiro atoms. The summed E-state index contributed by atoms with van der Waals surface area (Å²) in [6.45, 7) is 7.81. The molecule has 0 aliphatic carbocycles. The van der Waals surface area contributed by atoms with Crippen LogP contribution in [0.4, 0.5) is 0 Å². The molecule has 1 aromatic rings. The first-order chi connectivity index (χ1) is 13.1. The number of ether oxygens (including phenoxy) is 2. The lowest BCUT2D eigenvalue weighted by Gasteiger charge is -2.41. The number of fused-ring (bicyclic) bond motifs is 3. The fourth-order valence-corrected chi connectivity index (χ4v) is 5.29. The predicted molar refractivity (Wildman–Crippen MR) is 105 cm³/mol. The topological polar surface area (TPSA) is 57.2 Å². The van der Waals surface area contributed by atoms with E-state index in [1.807, 2.05) is 6.07 Å². The van der Waals surface area contributed by atoms with E-state index in [2.05, 4.69) is 41.1 Å². The summed E-state index contributed by atoms with van der Waals surface area (Å²) in [6, 6.07) is 4.04. The minimum atomic E-state index is -0.602. The van der Waals surface area contributed by atoms with E-state index in [0.717, 1.165) is 49.5 Å². The zero-order valence-corrected chi connectivity index (χ0v) is 16.8. The maximum absolute atomic E-state index is 11.2. The molecular weight excluding hydrogens is 342 g/mol. The largest absolute Gasteiger partial charge is 0.497 e. The molecule has 1 aromatic carbocycles. The Bertz CT molecular complexity index is 742. The molecule has 1 unspecified atom stereocenters. The molecule has 0 radical (unpaired) electrons. The monoisotopic (exact) mass is 373 g/mol. The third-order valence-corrected chi connectivity index (χ3v) is 6.53. The second kappa shape index (κ2) is 7.00. The van der Waals surface area contributed by atoms with Crippen molar-refractivity contribution in [2.24, 2.45) is 0 Å². The molecular formula is C21H31N3O3. The van der Waals surface area contributed by atoms with E-state index in [1.54, 1.807) is 14.2 Å². The van der Waals surface area contributed by atoms with Crippen molar-refractivity contribution in [3.05, 3.63) is 35.0 Å². The highest BCUT2D eigenvalue weighted by molar-refractivity contribution is 5.52. The highest BCUT2D eigenvalue weighted by Crippen LogP contribution is 2.49. The van der Waals surface area contributed by atoms with Gasteiger partial charge in [-0.2, -0.15) is 0 Å². The van der Waals surface area contributed by atoms with E-state index in [0.29, 0.717) is 6.54 Å². The number of nitrogens with zero attached hydrogens (tertiary/aromatic N) is 2. The molecule has 3 aliphatic heterocycles. The lowest BCUT2D eigenvalue weighted by Crippen LogP contribution is -2.53. The molecule has 3 heterocycles. The van der Waals surface area contributed by atoms with Crippen LogP contribution in [0, 0.1) is 0 Å². The number of nitrogens with one attached hydrogen (secondary N) is 1. The first-order valence-electron chi connectivity index (χ1n) is 9.95. The van der Waals surface area contributed by atoms with Gasteiger partial charge in [-0.15, -0.1) is 0 Å². The minimum Gasteiger partial charge on any atom is -0.497 e. The van der Waals surface area contributed by atoms with Crippen LogP contribution in [-0.4, -0.2) is 60.7 Å². The summed E-state index contributed by atoms with van der Waals surface area (Å²) in [5.74, 6) is 1.85. The summed E-state index contributed by atoms with van der Waals surface area (Å²) in [6.07, 6.45) is 3.79. The Kier molecular flexibility index (Phi) is 4.82. The lowest BCUT2D eigenvalue weighted by atomic mass is 9.82. The molecule has 0 aromatic heterocycles. The fourth-order valence-electron chi connectivity index (χ4n) is 5.29. The SMILES string of the molecule is CCN1C(O)N2Cc3cc(OC)cc(OC)c3[C@@H](C)C=C2C12CCNCC2. The minimum absolute atomic E-state index is 0.0902. The van der Waals surface area contributed by atoms with E-state index < -0.39 is 6.35 Å². The third-order valence-electron chi connectivity index (χ3n) is 6.53. The van der Waals surface area contributed by atoms with Gasteiger partial charge < -0.3 is 24.8 Å². The van der Waals surface area contributed by atoms with Gasteiger partial charge in [0.25, 0.3) is 0 Å². The number of benzene rings is 1. The summed E-state index contributed by atoms with van der Waals surface area (Å²) >= 11 is 0. The van der Waals surface area contributed by atoms with Gasteiger partial charge >= 0.3 is 0 Å². The molecule has 2 atom stereocenters. The Morgan fingerprint density at radius 3 is 2.59 bits per heavy atom. The fraction of sp³-hybridized carbons (Fsp3) is 0.619. The summed E-state index contributed by atoms with van der Waals surface area (Å²) in [5.41, 5.74) is 3.53. The van der Waals surface area contributed by atoms with Gasteiger partial charge in [-0.1, -0.05) is 19.9 Å². The van der Waals surface area contributed by atoms with Crippen LogP contribution in [0.1, 0.15) is 43.7 Å². The number of methoxy groups -OCH3 is 2. The van der Waals surface area contributed by atoms with Crippen LogP contribution in [0.2, 0.25) is 0 Å². The molecule has 2 fully saturated rings. The first-order valence-corrected chi connectivity index (χ1v) is 9.95. The number of hydrogen-bond donors (Lipinski definition) is 2. The molecule has 6 nitrogen and oxygen atoms in total. The van der Waals surface area contributed by atoms with Gasteiger partial charge in [0.15, 0.2) is 6.35 Å². The molecule has 2 N–H and O–H groups in total. The Labute approximate surface area is 161 Å². The van der Waals surface area contributed by atoms with Gasteiger partial charge in [0.2, 0.25) is 0 Å². The predicted octanol–water partition coefficient (Wildman–Crippen LogP) is 2.24. The molecule has 148 valence electrons. The maximum atomic E-state index is 11.2. The second-order valence-corrected chi connectivity index (χ2v) is 7.78. The number of rotatable bonds is 3. The highest BCUT2D eigenvalue weighted by Gasteiger charge is 2.54. The molecule has 0 bridgehead atoms. The van der Waals surface area contributed by atoms with Crippen LogP contribution in [0.3, 0.4) is 0 Å². The third kappa shape index (κ3) is 2.73. The van der Waals surface area contributed by atoms with Gasteiger partial charge in [-0.3, -0.25) is 0 Å². The number of hydrogen-bond acceptors (Lipinski definition) is 6. The highest BCUT2D eigenvalue weighted by atomic mass is 16.5. The Morgan fingerprint density at radius 2 is 1.96 bits per heavy atom.